The van der Waals surface area contributed by atoms with E-state index in [1.807, 2.05) is 6.92 Å². The molecule has 0 aliphatic carbocycles. The van der Waals surface area contributed by atoms with Gasteiger partial charge < -0.3 is 15.7 Å². The second-order valence-electron chi connectivity index (χ2n) is 4.04. The highest BCUT2D eigenvalue weighted by Crippen LogP contribution is 2.12. The third-order valence-electron chi connectivity index (χ3n) is 2.45. The number of nitrogens with zero attached hydrogens (tertiary/aromatic N) is 1. The van der Waals surface area contributed by atoms with Crippen molar-refractivity contribution in [2.45, 2.75) is 31.8 Å². The predicted octanol–water partition coefficient (Wildman–Crippen LogP) is 0.182. The number of hydrogen-bond donors (Lipinski definition) is 2. The molecule has 1 aliphatic heterocycles. The monoisotopic (exact) mass is 172 g/mol. The fraction of sp³-hybridized carbons (Fsp3) is 1.00. The van der Waals surface area contributed by atoms with Crippen LogP contribution in [0.1, 0.15) is 26.2 Å². The number of hydrogen-bond acceptors (Lipinski definition) is 3. The summed E-state index contributed by atoms with van der Waals surface area (Å²) in [5.74, 6) is 0. The third kappa shape index (κ3) is 3.09. The number of rotatable bonds is 3. The quantitative estimate of drug-likeness (QED) is 0.638. The van der Waals surface area contributed by atoms with Crippen LogP contribution in [0.2, 0.25) is 0 Å². The second kappa shape index (κ2) is 4.21. The molecule has 0 aromatic heterocycles. The lowest BCUT2D eigenvalue weighted by Crippen LogP contribution is -2.47. The minimum atomic E-state index is -0.697. The van der Waals surface area contributed by atoms with E-state index in [2.05, 4.69) is 4.90 Å². The highest BCUT2D eigenvalue weighted by molar-refractivity contribution is 4.79. The molecule has 72 valence electrons. The van der Waals surface area contributed by atoms with Crippen LogP contribution in [-0.4, -0.2) is 41.8 Å². The fourth-order valence-electron chi connectivity index (χ4n) is 1.66. The predicted molar refractivity (Wildman–Crippen MR) is 50.0 cm³/mol. The first-order valence-electron chi connectivity index (χ1n) is 4.79. The largest absolute Gasteiger partial charge is 0.388 e. The first kappa shape index (κ1) is 9.96. The van der Waals surface area contributed by atoms with Gasteiger partial charge in [0, 0.05) is 13.1 Å². The normalized spacial score (nSPS) is 25.2. The van der Waals surface area contributed by atoms with Gasteiger partial charge in [0.15, 0.2) is 0 Å². The molecule has 1 aliphatic rings. The van der Waals surface area contributed by atoms with Crippen LogP contribution in [0.5, 0.6) is 0 Å². The molecule has 0 saturated carbocycles. The first-order valence-corrected chi connectivity index (χ1v) is 4.79. The molecule has 1 unspecified atom stereocenters. The average molecular weight is 172 g/mol. The minimum absolute atomic E-state index is 0.351. The van der Waals surface area contributed by atoms with Gasteiger partial charge >= 0.3 is 0 Å². The van der Waals surface area contributed by atoms with Crippen LogP contribution in [0.25, 0.3) is 0 Å². The molecule has 1 rings (SSSR count). The zero-order chi connectivity index (χ0) is 9.03. The molecule has 0 aromatic rings. The molecular weight excluding hydrogens is 152 g/mol. The van der Waals surface area contributed by atoms with E-state index in [0.29, 0.717) is 6.54 Å². The Balaban J connectivity index is 2.28. The molecule has 12 heavy (non-hydrogen) atoms. The zero-order valence-corrected chi connectivity index (χ0v) is 7.92. The standard InChI is InChI=1S/C9H20N2O/c1-9(12,7-10)8-11-5-3-2-4-6-11/h12H,2-8,10H2,1H3. The van der Waals surface area contributed by atoms with Gasteiger partial charge in [-0.25, -0.2) is 0 Å². The van der Waals surface area contributed by atoms with Crippen LogP contribution < -0.4 is 5.73 Å². The molecule has 0 spiro atoms. The van der Waals surface area contributed by atoms with E-state index in [9.17, 15) is 5.11 Å². The Kier molecular flexibility index (Phi) is 3.50. The molecule has 3 N–H and O–H groups in total. The van der Waals surface area contributed by atoms with Crippen molar-refractivity contribution in [3.63, 3.8) is 0 Å². The Hall–Kier alpha value is -0.120. The summed E-state index contributed by atoms with van der Waals surface area (Å²) in [6.45, 7) is 5.13. The van der Waals surface area contributed by atoms with Crippen LogP contribution in [0.3, 0.4) is 0 Å². The Morgan fingerprint density at radius 3 is 2.42 bits per heavy atom. The molecule has 0 radical (unpaired) electrons. The molecular formula is C9H20N2O. The van der Waals surface area contributed by atoms with Gasteiger partial charge in [-0.2, -0.15) is 0 Å². The Bertz CT molecular complexity index is 130. The van der Waals surface area contributed by atoms with Gasteiger partial charge in [-0.1, -0.05) is 6.42 Å². The lowest BCUT2D eigenvalue weighted by molar-refractivity contribution is 0.0218. The highest BCUT2D eigenvalue weighted by Gasteiger charge is 2.22. The Morgan fingerprint density at radius 1 is 1.33 bits per heavy atom. The summed E-state index contributed by atoms with van der Waals surface area (Å²) in [6, 6.07) is 0. The molecule has 1 atom stereocenters. The molecule has 1 fully saturated rings. The summed E-state index contributed by atoms with van der Waals surface area (Å²) in [5.41, 5.74) is 4.75. The summed E-state index contributed by atoms with van der Waals surface area (Å²) in [5, 5.41) is 9.71. The highest BCUT2D eigenvalue weighted by atomic mass is 16.3. The summed E-state index contributed by atoms with van der Waals surface area (Å²) in [7, 11) is 0. The van der Waals surface area contributed by atoms with Crippen LogP contribution in [0.4, 0.5) is 0 Å². The molecule has 0 aromatic carbocycles. The lowest BCUT2D eigenvalue weighted by atomic mass is 10.0. The zero-order valence-electron chi connectivity index (χ0n) is 7.92. The number of nitrogens with two attached hydrogens (primary N) is 1. The third-order valence-corrected chi connectivity index (χ3v) is 2.45. The van der Waals surface area contributed by atoms with E-state index in [0.717, 1.165) is 19.6 Å². The van der Waals surface area contributed by atoms with E-state index >= 15 is 0 Å². The van der Waals surface area contributed by atoms with E-state index in [4.69, 9.17) is 5.73 Å². The number of piperidine rings is 1. The topological polar surface area (TPSA) is 49.5 Å². The average Bonchev–Trinajstić information content (AvgIpc) is 2.06. The molecule has 0 amide bonds. The van der Waals surface area contributed by atoms with Crippen molar-refractivity contribution in [3.05, 3.63) is 0 Å². The number of aliphatic hydroxyl groups is 1. The van der Waals surface area contributed by atoms with Crippen molar-refractivity contribution in [2.75, 3.05) is 26.2 Å². The number of β-amino-alcohol motifs (C(OH)–C–C–N with tert-alkyl or cyclic N) is 1. The van der Waals surface area contributed by atoms with Crippen molar-refractivity contribution in [1.29, 1.82) is 0 Å². The van der Waals surface area contributed by atoms with Crippen LogP contribution in [-0.2, 0) is 0 Å². The van der Waals surface area contributed by atoms with Crippen molar-refractivity contribution in [2.24, 2.45) is 5.73 Å². The van der Waals surface area contributed by atoms with E-state index < -0.39 is 5.60 Å². The van der Waals surface area contributed by atoms with Gasteiger partial charge in [-0.3, -0.25) is 0 Å². The summed E-state index contributed by atoms with van der Waals surface area (Å²) in [4.78, 5) is 2.30. The molecule has 1 heterocycles. The molecule has 1 saturated heterocycles. The maximum Gasteiger partial charge on any atom is 0.0867 e. The Labute approximate surface area is 74.5 Å². The Morgan fingerprint density at radius 2 is 1.92 bits per heavy atom. The van der Waals surface area contributed by atoms with E-state index in [1.165, 1.54) is 19.3 Å². The van der Waals surface area contributed by atoms with Gasteiger partial charge in [0.2, 0.25) is 0 Å². The van der Waals surface area contributed by atoms with Crippen molar-refractivity contribution < 1.29 is 5.11 Å². The van der Waals surface area contributed by atoms with Gasteiger partial charge in [0.05, 0.1) is 5.60 Å². The molecule has 0 bridgehead atoms. The first-order chi connectivity index (χ1) is 5.64. The van der Waals surface area contributed by atoms with Crippen LogP contribution in [0.15, 0.2) is 0 Å². The lowest BCUT2D eigenvalue weighted by Gasteiger charge is -2.33. The summed E-state index contributed by atoms with van der Waals surface area (Å²) >= 11 is 0. The summed E-state index contributed by atoms with van der Waals surface area (Å²) in [6.07, 6.45) is 3.86. The summed E-state index contributed by atoms with van der Waals surface area (Å²) < 4.78 is 0. The maximum absolute atomic E-state index is 9.71. The fourth-order valence-corrected chi connectivity index (χ4v) is 1.66. The maximum atomic E-state index is 9.71. The van der Waals surface area contributed by atoms with Gasteiger partial charge in [-0.05, 0) is 32.9 Å². The van der Waals surface area contributed by atoms with E-state index in [-0.39, 0.29) is 0 Å². The molecule has 3 heteroatoms. The molecule has 3 nitrogen and oxygen atoms in total. The van der Waals surface area contributed by atoms with Crippen molar-refractivity contribution in [1.82, 2.24) is 4.90 Å². The second-order valence-corrected chi connectivity index (χ2v) is 4.04. The van der Waals surface area contributed by atoms with Crippen LogP contribution in [0, 0.1) is 0 Å². The SMILES string of the molecule is CC(O)(CN)CN1CCCCC1. The van der Waals surface area contributed by atoms with Gasteiger partial charge in [0.25, 0.3) is 0 Å². The van der Waals surface area contributed by atoms with Gasteiger partial charge in [-0.15, -0.1) is 0 Å². The smallest absolute Gasteiger partial charge is 0.0867 e. The van der Waals surface area contributed by atoms with E-state index in [1.54, 1.807) is 0 Å². The van der Waals surface area contributed by atoms with Crippen molar-refractivity contribution in [3.8, 4) is 0 Å². The minimum Gasteiger partial charge on any atom is -0.388 e. The van der Waals surface area contributed by atoms with Crippen molar-refractivity contribution >= 4 is 0 Å². The van der Waals surface area contributed by atoms with Crippen LogP contribution >= 0.6 is 0 Å². The number of likely N-dealkylation sites (tertiary alicyclic amines) is 1. The van der Waals surface area contributed by atoms with Gasteiger partial charge in [0.1, 0.15) is 0 Å².